The number of pyridine rings is 1. The summed E-state index contributed by atoms with van der Waals surface area (Å²) >= 11 is 3.20. The molecule has 1 unspecified atom stereocenters. The van der Waals surface area contributed by atoms with E-state index in [9.17, 15) is 4.79 Å². The SMILES string of the molecule is CC(Nc1nc[nH]c(=O)c1Br)c1ccncc1. The third-order valence-corrected chi connectivity index (χ3v) is 3.09. The summed E-state index contributed by atoms with van der Waals surface area (Å²) in [4.78, 5) is 21.9. The first kappa shape index (κ1) is 11.8. The number of nitrogens with zero attached hydrogens (tertiary/aromatic N) is 2. The lowest BCUT2D eigenvalue weighted by atomic mass is 10.1. The van der Waals surface area contributed by atoms with Gasteiger partial charge in [0.25, 0.3) is 5.56 Å². The van der Waals surface area contributed by atoms with Gasteiger partial charge in [0.05, 0.1) is 12.4 Å². The molecule has 88 valence electrons. The summed E-state index contributed by atoms with van der Waals surface area (Å²) in [6, 6.07) is 3.88. The van der Waals surface area contributed by atoms with Crippen LogP contribution in [0.25, 0.3) is 0 Å². The highest BCUT2D eigenvalue weighted by molar-refractivity contribution is 9.10. The minimum atomic E-state index is -0.204. The van der Waals surface area contributed by atoms with Crippen molar-refractivity contribution < 1.29 is 0 Å². The van der Waals surface area contributed by atoms with Crippen molar-refractivity contribution in [1.82, 2.24) is 15.0 Å². The van der Waals surface area contributed by atoms with Gasteiger partial charge in [0.2, 0.25) is 0 Å². The average Bonchev–Trinajstić information content (AvgIpc) is 2.36. The molecule has 0 aliphatic rings. The molecule has 2 N–H and O–H groups in total. The largest absolute Gasteiger partial charge is 0.362 e. The second kappa shape index (κ2) is 5.09. The molecule has 0 aromatic carbocycles. The van der Waals surface area contributed by atoms with Gasteiger partial charge in [-0.25, -0.2) is 4.98 Å². The molecule has 0 spiro atoms. The van der Waals surface area contributed by atoms with Crippen molar-refractivity contribution in [2.45, 2.75) is 13.0 Å². The number of hydrogen-bond acceptors (Lipinski definition) is 4. The van der Waals surface area contributed by atoms with Crippen molar-refractivity contribution in [2.75, 3.05) is 5.32 Å². The van der Waals surface area contributed by atoms with Crippen molar-refractivity contribution >= 4 is 21.7 Å². The van der Waals surface area contributed by atoms with E-state index in [-0.39, 0.29) is 11.6 Å². The van der Waals surface area contributed by atoms with E-state index in [0.717, 1.165) is 5.56 Å². The summed E-state index contributed by atoms with van der Waals surface area (Å²) in [5.74, 6) is 0.526. The third kappa shape index (κ3) is 2.71. The van der Waals surface area contributed by atoms with Crippen LogP contribution in [0.1, 0.15) is 18.5 Å². The molecule has 5 nitrogen and oxygen atoms in total. The number of anilines is 1. The monoisotopic (exact) mass is 294 g/mol. The predicted molar refractivity (Wildman–Crippen MR) is 68.8 cm³/mol. The second-order valence-corrected chi connectivity index (χ2v) is 4.33. The summed E-state index contributed by atoms with van der Waals surface area (Å²) in [5, 5.41) is 3.16. The van der Waals surface area contributed by atoms with Crippen LogP contribution >= 0.6 is 15.9 Å². The number of rotatable bonds is 3. The van der Waals surface area contributed by atoms with Crippen LogP contribution in [-0.2, 0) is 0 Å². The van der Waals surface area contributed by atoms with E-state index in [1.165, 1.54) is 6.33 Å². The third-order valence-electron chi connectivity index (χ3n) is 2.36. The van der Waals surface area contributed by atoms with E-state index in [1.54, 1.807) is 12.4 Å². The fourth-order valence-corrected chi connectivity index (χ4v) is 1.76. The molecule has 2 heterocycles. The van der Waals surface area contributed by atoms with Crippen LogP contribution in [0.5, 0.6) is 0 Å². The van der Waals surface area contributed by atoms with Gasteiger partial charge in [0.15, 0.2) is 0 Å². The smallest absolute Gasteiger partial charge is 0.267 e. The Bertz CT molecular complexity index is 555. The summed E-state index contributed by atoms with van der Waals surface area (Å²) in [6.07, 6.45) is 4.83. The Morgan fingerprint density at radius 1 is 1.41 bits per heavy atom. The topological polar surface area (TPSA) is 70.7 Å². The van der Waals surface area contributed by atoms with Crippen LogP contribution in [0.3, 0.4) is 0 Å². The Balaban J connectivity index is 2.22. The summed E-state index contributed by atoms with van der Waals surface area (Å²) < 4.78 is 0.404. The lowest BCUT2D eigenvalue weighted by Crippen LogP contribution is -2.14. The highest BCUT2D eigenvalue weighted by Crippen LogP contribution is 2.20. The van der Waals surface area contributed by atoms with Crippen LogP contribution in [0.15, 0.2) is 40.1 Å². The molecule has 0 saturated carbocycles. The summed E-state index contributed by atoms with van der Waals surface area (Å²) in [6.45, 7) is 1.99. The Morgan fingerprint density at radius 3 is 2.82 bits per heavy atom. The van der Waals surface area contributed by atoms with E-state index >= 15 is 0 Å². The van der Waals surface area contributed by atoms with Crippen molar-refractivity contribution in [1.29, 1.82) is 0 Å². The molecule has 6 heteroatoms. The molecule has 0 radical (unpaired) electrons. The molecule has 0 fully saturated rings. The van der Waals surface area contributed by atoms with E-state index < -0.39 is 0 Å². The molecular weight excluding hydrogens is 284 g/mol. The number of nitrogens with one attached hydrogen (secondary N) is 2. The zero-order chi connectivity index (χ0) is 12.3. The molecular formula is C11H11BrN4O. The van der Waals surface area contributed by atoms with E-state index in [4.69, 9.17) is 0 Å². The number of aromatic nitrogens is 3. The standard InChI is InChI=1S/C11H11BrN4O/c1-7(8-2-4-13-5-3-8)16-10-9(12)11(17)15-6-14-10/h2-7H,1H3,(H2,14,15,16,17). The molecule has 0 bridgehead atoms. The highest BCUT2D eigenvalue weighted by atomic mass is 79.9. The Kier molecular flexibility index (Phi) is 3.53. The van der Waals surface area contributed by atoms with Crippen LogP contribution in [0.4, 0.5) is 5.82 Å². The number of hydrogen-bond donors (Lipinski definition) is 2. The van der Waals surface area contributed by atoms with Gasteiger partial charge in [-0.15, -0.1) is 0 Å². The summed E-state index contributed by atoms with van der Waals surface area (Å²) in [5.41, 5.74) is 0.874. The molecule has 0 aliphatic heterocycles. The Hall–Kier alpha value is -1.69. The van der Waals surface area contributed by atoms with Gasteiger partial charge in [-0.1, -0.05) is 0 Å². The summed E-state index contributed by atoms with van der Waals surface area (Å²) in [7, 11) is 0. The molecule has 2 rings (SSSR count). The normalized spacial score (nSPS) is 12.1. The van der Waals surface area contributed by atoms with Crippen LogP contribution < -0.4 is 10.9 Å². The van der Waals surface area contributed by atoms with Crippen LogP contribution in [-0.4, -0.2) is 15.0 Å². The maximum Gasteiger partial charge on any atom is 0.267 e. The van der Waals surface area contributed by atoms with E-state index in [1.807, 2.05) is 19.1 Å². The molecule has 0 saturated heterocycles. The Labute approximate surface area is 106 Å². The number of H-pyrrole nitrogens is 1. The molecule has 0 amide bonds. The van der Waals surface area contributed by atoms with Crippen LogP contribution in [0, 0.1) is 0 Å². The molecule has 1 atom stereocenters. The first-order valence-electron chi connectivity index (χ1n) is 5.08. The molecule has 17 heavy (non-hydrogen) atoms. The zero-order valence-corrected chi connectivity index (χ0v) is 10.7. The Morgan fingerprint density at radius 2 is 2.12 bits per heavy atom. The maximum atomic E-state index is 11.4. The van der Waals surface area contributed by atoms with E-state index in [0.29, 0.717) is 10.3 Å². The van der Waals surface area contributed by atoms with Crippen molar-refractivity contribution in [3.8, 4) is 0 Å². The maximum absolute atomic E-state index is 11.4. The quantitative estimate of drug-likeness (QED) is 0.909. The van der Waals surface area contributed by atoms with Gasteiger partial charge in [0.1, 0.15) is 10.3 Å². The van der Waals surface area contributed by atoms with Gasteiger partial charge in [-0.05, 0) is 40.5 Å². The van der Waals surface area contributed by atoms with Gasteiger partial charge >= 0.3 is 0 Å². The first-order valence-corrected chi connectivity index (χ1v) is 5.87. The molecule has 0 aliphatic carbocycles. The minimum Gasteiger partial charge on any atom is -0.362 e. The lowest BCUT2D eigenvalue weighted by Gasteiger charge is -2.14. The first-order chi connectivity index (χ1) is 8.18. The number of aromatic amines is 1. The van der Waals surface area contributed by atoms with Crippen molar-refractivity contribution in [2.24, 2.45) is 0 Å². The lowest BCUT2D eigenvalue weighted by molar-refractivity contribution is 0.864. The van der Waals surface area contributed by atoms with Gasteiger partial charge < -0.3 is 10.3 Å². The molecule has 2 aromatic rings. The number of halogens is 1. The predicted octanol–water partition coefficient (Wildman–Crippen LogP) is 2.10. The van der Waals surface area contributed by atoms with Gasteiger partial charge in [0, 0.05) is 12.4 Å². The minimum absolute atomic E-state index is 0.0450. The van der Waals surface area contributed by atoms with Gasteiger partial charge in [-0.3, -0.25) is 9.78 Å². The highest BCUT2D eigenvalue weighted by Gasteiger charge is 2.09. The average molecular weight is 295 g/mol. The fourth-order valence-electron chi connectivity index (χ4n) is 1.42. The second-order valence-electron chi connectivity index (χ2n) is 3.54. The van der Waals surface area contributed by atoms with Crippen molar-refractivity contribution in [3.63, 3.8) is 0 Å². The fraction of sp³-hybridized carbons (Fsp3) is 0.182. The van der Waals surface area contributed by atoms with Crippen LogP contribution in [0.2, 0.25) is 0 Å². The molecule has 2 aromatic heterocycles. The van der Waals surface area contributed by atoms with Crippen molar-refractivity contribution in [3.05, 3.63) is 51.2 Å². The zero-order valence-electron chi connectivity index (χ0n) is 9.14. The van der Waals surface area contributed by atoms with Gasteiger partial charge in [-0.2, -0.15) is 0 Å². The van der Waals surface area contributed by atoms with E-state index in [2.05, 4.69) is 36.2 Å².